The molecule has 1 aromatic rings. The molecule has 0 saturated carbocycles. The van der Waals surface area contributed by atoms with Gasteiger partial charge in [0.2, 0.25) is 0 Å². The fraction of sp³-hybridized carbons (Fsp3) is 0.125. The summed E-state index contributed by atoms with van der Waals surface area (Å²) in [4.78, 5) is 10.7. The SMILES string of the molecule is [NH]c1cccc2c1COC(=O)N2. The lowest BCUT2D eigenvalue weighted by atomic mass is 10.1. The molecule has 0 unspecified atom stereocenters. The Hall–Kier alpha value is -1.71. The number of carbonyl (C=O) groups excluding carboxylic acids is 1. The summed E-state index contributed by atoms with van der Waals surface area (Å²) >= 11 is 0. The molecule has 0 atom stereocenters. The molecule has 4 heteroatoms. The van der Waals surface area contributed by atoms with E-state index in [1.54, 1.807) is 18.2 Å². The maximum absolute atomic E-state index is 10.7. The molecule has 1 aliphatic heterocycles. The van der Waals surface area contributed by atoms with Crippen molar-refractivity contribution in [3.8, 4) is 0 Å². The fourth-order valence-electron chi connectivity index (χ4n) is 1.14. The minimum absolute atomic E-state index is 0.195. The predicted molar refractivity (Wildman–Crippen MR) is 43.0 cm³/mol. The quantitative estimate of drug-likeness (QED) is 0.632. The Morgan fingerprint density at radius 3 is 3.17 bits per heavy atom. The van der Waals surface area contributed by atoms with E-state index in [1.807, 2.05) is 0 Å². The predicted octanol–water partition coefficient (Wildman–Crippen LogP) is 1.66. The third-order valence-corrected chi connectivity index (χ3v) is 1.76. The van der Waals surface area contributed by atoms with Crippen molar-refractivity contribution in [2.24, 2.45) is 0 Å². The summed E-state index contributed by atoms with van der Waals surface area (Å²) in [5.41, 5.74) is 9.29. The average Bonchev–Trinajstić information content (AvgIpc) is 2.04. The van der Waals surface area contributed by atoms with Gasteiger partial charge in [0.1, 0.15) is 6.61 Å². The number of hydrogen-bond acceptors (Lipinski definition) is 2. The Bertz CT molecular complexity index is 336. The van der Waals surface area contributed by atoms with Gasteiger partial charge in [0, 0.05) is 5.56 Å². The van der Waals surface area contributed by atoms with Gasteiger partial charge < -0.3 is 10.5 Å². The van der Waals surface area contributed by atoms with Crippen LogP contribution in [-0.4, -0.2) is 6.09 Å². The summed E-state index contributed by atoms with van der Waals surface area (Å²) in [7, 11) is 0. The van der Waals surface area contributed by atoms with Crippen LogP contribution >= 0.6 is 0 Å². The number of cyclic esters (lactones) is 1. The Morgan fingerprint density at radius 2 is 2.33 bits per heavy atom. The van der Waals surface area contributed by atoms with Crippen LogP contribution < -0.4 is 11.1 Å². The van der Waals surface area contributed by atoms with Crippen LogP contribution in [-0.2, 0) is 11.3 Å². The van der Waals surface area contributed by atoms with Crippen LogP contribution in [0.25, 0.3) is 0 Å². The highest BCUT2D eigenvalue weighted by Crippen LogP contribution is 2.26. The van der Waals surface area contributed by atoms with Gasteiger partial charge in [-0.25, -0.2) is 4.79 Å². The molecule has 0 spiro atoms. The molecule has 0 aliphatic carbocycles. The van der Waals surface area contributed by atoms with Crippen molar-refractivity contribution in [1.29, 1.82) is 0 Å². The van der Waals surface area contributed by atoms with Gasteiger partial charge in [0.25, 0.3) is 0 Å². The van der Waals surface area contributed by atoms with Gasteiger partial charge in [0.15, 0.2) is 0 Å². The van der Waals surface area contributed by atoms with Gasteiger partial charge in [-0.15, -0.1) is 0 Å². The summed E-state index contributed by atoms with van der Waals surface area (Å²) in [5, 5.41) is 2.52. The standard InChI is InChI=1S/C8H7N2O2/c9-6-2-1-3-7-5(6)4-12-8(11)10-7/h1-3,9H,4H2,(H,10,11). The number of ether oxygens (including phenoxy) is 1. The number of carbonyl (C=O) groups is 1. The summed E-state index contributed by atoms with van der Waals surface area (Å²) in [6.07, 6.45) is -0.451. The minimum atomic E-state index is -0.451. The number of benzene rings is 1. The average molecular weight is 163 g/mol. The van der Waals surface area contributed by atoms with E-state index in [4.69, 9.17) is 10.5 Å². The number of fused-ring (bicyclic) bond motifs is 1. The zero-order valence-corrected chi connectivity index (χ0v) is 6.26. The molecular formula is C8H7N2O2. The molecule has 2 N–H and O–H groups in total. The molecule has 1 amide bonds. The van der Waals surface area contributed by atoms with E-state index in [1.165, 1.54) is 0 Å². The van der Waals surface area contributed by atoms with Gasteiger partial charge in [-0.2, -0.15) is 0 Å². The molecule has 1 aromatic carbocycles. The van der Waals surface area contributed by atoms with Crippen molar-refractivity contribution >= 4 is 17.5 Å². The van der Waals surface area contributed by atoms with Crippen LogP contribution in [0.1, 0.15) is 5.56 Å². The maximum atomic E-state index is 10.7. The Morgan fingerprint density at radius 1 is 1.50 bits per heavy atom. The van der Waals surface area contributed by atoms with Gasteiger partial charge in [0.05, 0.1) is 11.4 Å². The van der Waals surface area contributed by atoms with Crippen LogP contribution in [0.3, 0.4) is 0 Å². The fourth-order valence-corrected chi connectivity index (χ4v) is 1.14. The topological polar surface area (TPSA) is 62.1 Å². The van der Waals surface area contributed by atoms with Crippen LogP contribution in [0.4, 0.5) is 16.2 Å². The van der Waals surface area contributed by atoms with Gasteiger partial charge in [-0.05, 0) is 12.1 Å². The molecule has 0 bridgehead atoms. The van der Waals surface area contributed by atoms with E-state index in [2.05, 4.69) is 5.32 Å². The first-order valence-corrected chi connectivity index (χ1v) is 3.54. The molecule has 1 aliphatic rings. The molecule has 12 heavy (non-hydrogen) atoms. The second-order valence-electron chi connectivity index (χ2n) is 2.53. The van der Waals surface area contributed by atoms with Crippen LogP contribution in [0.5, 0.6) is 0 Å². The summed E-state index contributed by atoms with van der Waals surface area (Å²) < 4.78 is 4.72. The largest absolute Gasteiger partial charge is 0.444 e. The van der Waals surface area contributed by atoms with E-state index in [9.17, 15) is 4.79 Å². The highest BCUT2D eigenvalue weighted by Gasteiger charge is 2.16. The second kappa shape index (κ2) is 2.41. The number of nitrogens with one attached hydrogen (secondary N) is 2. The summed E-state index contributed by atoms with van der Waals surface area (Å²) in [6.45, 7) is 0.195. The molecule has 4 nitrogen and oxygen atoms in total. The Kier molecular flexibility index (Phi) is 1.40. The van der Waals surface area contributed by atoms with Crippen molar-refractivity contribution in [1.82, 2.24) is 5.73 Å². The summed E-state index contributed by atoms with van der Waals surface area (Å²) in [6, 6.07) is 5.15. The zero-order chi connectivity index (χ0) is 8.55. The van der Waals surface area contributed by atoms with Crippen LogP contribution in [0.2, 0.25) is 0 Å². The molecule has 2 rings (SSSR count). The molecule has 61 valence electrons. The summed E-state index contributed by atoms with van der Waals surface area (Å²) in [5.74, 6) is 0. The molecule has 1 heterocycles. The van der Waals surface area contributed by atoms with E-state index < -0.39 is 6.09 Å². The lowest BCUT2D eigenvalue weighted by Crippen LogP contribution is -2.20. The van der Waals surface area contributed by atoms with E-state index >= 15 is 0 Å². The van der Waals surface area contributed by atoms with E-state index in [-0.39, 0.29) is 6.61 Å². The number of amides is 1. The molecule has 0 fully saturated rings. The lowest BCUT2D eigenvalue weighted by Gasteiger charge is -2.17. The van der Waals surface area contributed by atoms with E-state index in [0.29, 0.717) is 11.4 Å². The minimum Gasteiger partial charge on any atom is -0.444 e. The highest BCUT2D eigenvalue weighted by molar-refractivity contribution is 5.88. The molecule has 0 aromatic heterocycles. The third kappa shape index (κ3) is 0.972. The first-order valence-electron chi connectivity index (χ1n) is 3.54. The monoisotopic (exact) mass is 163 g/mol. The zero-order valence-electron chi connectivity index (χ0n) is 6.26. The number of anilines is 1. The molecule has 1 radical (unpaired) electrons. The van der Waals surface area contributed by atoms with Gasteiger partial charge in [-0.3, -0.25) is 5.32 Å². The van der Waals surface area contributed by atoms with Crippen molar-refractivity contribution in [3.05, 3.63) is 23.8 Å². The number of hydrogen-bond donors (Lipinski definition) is 1. The lowest BCUT2D eigenvalue weighted by molar-refractivity contribution is 0.151. The highest BCUT2D eigenvalue weighted by atomic mass is 16.5. The normalized spacial score (nSPS) is 14.5. The van der Waals surface area contributed by atoms with Crippen molar-refractivity contribution in [2.45, 2.75) is 6.61 Å². The Balaban J connectivity index is 2.48. The van der Waals surface area contributed by atoms with Crippen LogP contribution in [0.15, 0.2) is 18.2 Å². The maximum Gasteiger partial charge on any atom is 0.411 e. The van der Waals surface area contributed by atoms with Crippen molar-refractivity contribution < 1.29 is 9.53 Å². The van der Waals surface area contributed by atoms with Crippen LogP contribution in [0, 0.1) is 0 Å². The third-order valence-electron chi connectivity index (χ3n) is 1.76. The van der Waals surface area contributed by atoms with Gasteiger partial charge >= 0.3 is 6.09 Å². The van der Waals surface area contributed by atoms with E-state index in [0.717, 1.165) is 5.56 Å². The number of rotatable bonds is 0. The van der Waals surface area contributed by atoms with Crippen molar-refractivity contribution in [3.63, 3.8) is 0 Å². The Labute approximate surface area is 69.3 Å². The van der Waals surface area contributed by atoms with Gasteiger partial charge in [-0.1, -0.05) is 6.07 Å². The molecular weight excluding hydrogens is 156 g/mol. The first-order chi connectivity index (χ1) is 5.77. The first kappa shape index (κ1) is 6.97. The smallest absolute Gasteiger partial charge is 0.411 e. The molecule has 0 saturated heterocycles. The van der Waals surface area contributed by atoms with Crippen molar-refractivity contribution in [2.75, 3.05) is 5.32 Å². The second-order valence-corrected chi connectivity index (χ2v) is 2.53.